The van der Waals surface area contributed by atoms with E-state index in [-0.39, 0.29) is 18.2 Å². The Bertz CT molecular complexity index is 1120. The molecule has 1 saturated heterocycles. The van der Waals surface area contributed by atoms with Crippen LogP contribution in [0.15, 0.2) is 11.0 Å². The van der Waals surface area contributed by atoms with Gasteiger partial charge < -0.3 is 35.2 Å². The van der Waals surface area contributed by atoms with Crippen LogP contribution in [0.1, 0.15) is 31.6 Å². The molecule has 3 rings (SSSR count). The molecule has 1 saturated carbocycles. The van der Waals surface area contributed by atoms with E-state index in [9.17, 15) is 33.4 Å². The summed E-state index contributed by atoms with van der Waals surface area (Å²) in [6.45, 7) is 2.72. The summed E-state index contributed by atoms with van der Waals surface area (Å²) < 4.78 is 53.4. The molecule has 188 valence electrons. The first kappa shape index (κ1) is 26.6. The van der Waals surface area contributed by atoms with Gasteiger partial charge in [-0.05, 0) is 19.3 Å². The fourth-order valence-electron chi connectivity index (χ4n) is 4.24. The quantitative estimate of drug-likeness (QED) is 0.230. The molecule has 2 fully saturated rings. The van der Waals surface area contributed by atoms with E-state index in [0.717, 1.165) is 4.57 Å². The van der Waals surface area contributed by atoms with Gasteiger partial charge in [0.15, 0.2) is 6.23 Å². The normalized spacial score (nSPS) is 33.1. The van der Waals surface area contributed by atoms with Gasteiger partial charge in [-0.1, -0.05) is 13.3 Å². The topological polar surface area (TPSA) is 250 Å². The molecule has 2 heterocycles. The van der Waals surface area contributed by atoms with E-state index in [1.165, 1.54) is 6.20 Å². The Hall–Kier alpha value is -0.990. The summed E-state index contributed by atoms with van der Waals surface area (Å²) in [5.41, 5.74) is 3.90. The molecule has 2 aliphatic rings. The number of aliphatic hydroxyl groups excluding tert-OH is 1. The molecule has 0 aromatic carbocycles. The number of nitrogens with zero attached hydrogens (tertiary/aromatic N) is 2. The predicted octanol–water partition coefficient (Wildman–Crippen LogP) is 0.152. The Morgan fingerprint density at radius 3 is 2.45 bits per heavy atom. The summed E-state index contributed by atoms with van der Waals surface area (Å²) in [5.74, 6) is -0.752. The van der Waals surface area contributed by atoms with Crippen molar-refractivity contribution in [3.63, 3.8) is 0 Å². The summed E-state index contributed by atoms with van der Waals surface area (Å²) in [6.07, 6.45) is -0.275. The van der Waals surface area contributed by atoms with E-state index in [2.05, 4.69) is 13.6 Å². The van der Waals surface area contributed by atoms with E-state index < -0.39 is 59.6 Å². The van der Waals surface area contributed by atoms with Crippen LogP contribution in [0, 0.1) is 18.8 Å². The van der Waals surface area contributed by atoms with Crippen molar-refractivity contribution in [3.05, 3.63) is 22.2 Å². The molecule has 0 bridgehead atoms. The monoisotopic (exact) mass is 535 g/mol. The highest BCUT2D eigenvalue weighted by Crippen LogP contribution is 2.67. The maximum Gasteiger partial charge on any atom is 0.490 e. The van der Waals surface area contributed by atoms with Gasteiger partial charge in [-0.2, -0.15) is 13.6 Å². The van der Waals surface area contributed by atoms with Crippen LogP contribution in [0.5, 0.6) is 0 Å². The minimum absolute atomic E-state index is 0.000477. The molecule has 0 spiro atoms. The van der Waals surface area contributed by atoms with Crippen molar-refractivity contribution in [2.24, 2.45) is 11.8 Å². The molecule has 1 aliphatic heterocycles. The summed E-state index contributed by atoms with van der Waals surface area (Å²) in [6, 6.07) is 0. The molecule has 0 radical (unpaired) electrons. The molecule has 16 nitrogen and oxygen atoms in total. The first-order chi connectivity index (χ1) is 15.0. The number of ether oxygens (including phenoxy) is 1. The van der Waals surface area contributed by atoms with Crippen molar-refractivity contribution in [3.8, 4) is 0 Å². The van der Waals surface area contributed by atoms with Crippen LogP contribution in [0.25, 0.3) is 0 Å². The van der Waals surface area contributed by atoms with Crippen LogP contribution in [0.4, 0.5) is 5.82 Å². The van der Waals surface area contributed by atoms with E-state index in [1.807, 2.05) is 6.92 Å². The third kappa shape index (κ3) is 5.64. The molecule has 33 heavy (non-hydrogen) atoms. The molecule has 1 aromatic rings. The van der Waals surface area contributed by atoms with Gasteiger partial charge in [-0.15, -0.1) is 0 Å². The van der Waals surface area contributed by atoms with Gasteiger partial charge in [0.1, 0.15) is 17.5 Å². The van der Waals surface area contributed by atoms with Crippen LogP contribution >= 0.6 is 23.5 Å². The van der Waals surface area contributed by atoms with Crippen molar-refractivity contribution in [2.75, 3.05) is 12.3 Å². The van der Waals surface area contributed by atoms with Crippen LogP contribution in [0.2, 0.25) is 0 Å². The molecular weight excluding hydrogens is 511 g/mol. The first-order valence-electron chi connectivity index (χ1n) is 9.49. The molecule has 1 aliphatic carbocycles. The smallest absolute Gasteiger partial charge is 0.388 e. The maximum absolute atomic E-state index is 12.3. The standard InChI is InChI=1S/C14H24N3O13P3/c1-3-8-4-14(6-27-32(23,24)30-33(25,26)29-31(20,21)22)9(8)10(18)12(28-14)17-5-7(2)11(15)16-13(17)19/h5,8-10,12,18H,3-4,6H2,1-2H3,(H,23,24)(H,25,26)(H2,15,16,19)(H2,20,21,22)/t8?,9?,10?,12-,14-/m1/s1. The number of nitrogen functional groups attached to an aromatic ring is 1. The fourth-order valence-corrected chi connectivity index (χ4v) is 7.32. The number of anilines is 1. The van der Waals surface area contributed by atoms with E-state index in [0.29, 0.717) is 12.0 Å². The zero-order chi connectivity index (χ0) is 25.0. The Labute approximate surface area is 186 Å². The van der Waals surface area contributed by atoms with Gasteiger partial charge in [-0.25, -0.2) is 18.5 Å². The molecule has 19 heteroatoms. The third-order valence-corrected chi connectivity index (χ3v) is 9.38. The summed E-state index contributed by atoms with van der Waals surface area (Å²) in [5, 5.41) is 10.9. The van der Waals surface area contributed by atoms with Gasteiger partial charge in [0, 0.05) is 17.7 Å². The van der Waals surface area contributed by atoms with E-state index >= 15 is 0 Å². The lowest BCUT2D eigenvalue weighted by Gasteiger charge is -2.50. The molecule has 7 atom stereocenters. The molecule has 1 aromatic heterocycles. The van der Waals surface area contributed by atoms with Gasteiger partial charge in [0.25, 0.3) is 0 Å². The Kier molecular flexibility index (Phi) is 7.18. The minimum atomic E-state index is -5.68. The SMILES string of the molecule is CCC1C[C@]2(COP(=O)(O)OP(=O)(O)OP(=O)(O)O)O[C@@H](n3cc(C)c(N)nc3=O)C(O)C12. The minimum Gasteiger partial charge on any atom is -0.388 e. The van der Waals surface area contributed by atoms with Crippen molar-refractivity contribution < 1.29 is 56.3 Å². The number of phosphoric acid groups is 3. The second kappa shape index (κ2) is 8.90. The van der Waals surface area contributed by atoms with Crippen LogP contribution in [0.3, 0.4) is 0 Å². The van der Waals surface area contributed by atoms with Gasteiger partial charge in [0.2, 0.25) is 0 Å². The summed E-state index contributed by atoms with van der Waals surface area (Å²) >= 11 is 0. The number of nitrogens with two attached hydrogens (primary N) is 1. The average molecular weight is 535 g/mol. The number of fused-ring (bicyclic) bond motifs is 1. The number of aromatic nitrogens is 2. The molecule has 5 unspecified atom stereocenters. The number of aliphatic hydroxyl groups is 1. The number of aryl methyl sites for hydroxylation is 1. The Morgan fingerprint density at radius 1 is 1.24 bits per heavy atom. The summed E-state index contributed by atoms with van der Waals surface area (Å²) in [4.78, 5) is 52.2. The zero-order valence-corrected chi connectivity index (χ0v) is 20.0. The van der Waals surface area contributed by atoms with Crippen molar-refractivity contribution >= 4 is 29.3 Å². The number of rotatable bonds is 9. The van der Waals surface area contributed by atoms with E-state index in [1.54, 1.807) is 6.92 Å². The second-order valence-electron chi connectivity index (χ2n) is 7.83. The lowest BCUT2D eigenvalue weighted by molar-refractivity contribution is -0.172. The van der Waals surface area contributed by atoms with Gasteiger partial charge in [0.05, 0.1) is 6.61 Å². The highest BCUT2D eigenvalue weighted by molar-refractivity contribution is 7.66. The molecule has 0 amide bonds. The van der Waals surface area contributed by atoms with Crippen molar-refractivity contribution in [1.29, 1.82) is 0 Å². The van der Waals surface area contributed by atoms with E-state index in [4.69, 9.17) is 24.8 Å². The summed E-state index contributed by atoms with van der Waals surface area (Å²) in [7, 11) is -16.6. The maximum atomic E-state index is 12.3. The largest absolute Gasteiger partial charge is 0.490 e. The first-order valence-corrected chi connectivity index (χ1v) is 14.0. The molecule has 7 N–H and O–H groups in total. The predicted molar refractivity (Wildman–Crippen MR) is 108 cm³/mol. The average Bonchev–Trinajstić information content (AvgIpc) is 2.82. The number of hydrogen-bond donors (Lipinski definition) is 6. The molecular formula is C14H24N3O13P3. The lowest BCUT2D eigenvalue weighted by atomic mass is 9.59. The van der Waals surface area contributed by atoms with Crippen LogP contribution in [-0.2, 0) is 31.6 Å². The highest BCUT2D eigenvalue weighted by atomic mass is 31.3. The highest BCUT2D eigenvalue weighted by Gasteiger charge is 2.66. The number of phosphoric ester groups is 1. The number of hydrogen-bond acceptors (Lipinski definition) is 11. The van der Waals surface area contributed by atoms with Crippen molar-refractivity contribution in [2.45, 2.75) is 44.6 Å². The lowest BCUT2D eigenvalue weighted by Crippen LogP contribution is -2.57. The van der Waals surface area contributed by atoms with Crippen LogP contribution in [-0.4, -0.2) is 52.5 Å². The zero-order valence-electron chi connectivity index (χ0n) is 17.3. The van der Waals surface area contributed by atoms with Gasteiger partial charge >= 0.3 is 29.2 Å². The third-order valence-electron chi connectivity index (χ3n) is 5.60. The van der Waals surface area contributed by atoms with Gasteiger partial charge in [-0.3, -0.25) is 9.09 Å². The fraction of sp³-hybridized carbons (Fsp3) is 0.714. The van der Waals surface area contributed by atoms with Crippen molar-refractivity contribution in [1.82, 2.24) is 9.55 Å². The second-order valence-corrected chi connectivity index (χ2v) is 12.2. The Balaban J connectivity index is 1.80. The van der Waals surface area contributed by atoms with Crippen LogP contribution < -0.4 is 11.4 Å². The Morgan fingerprint density at radius 2 is 1.88 bits per heavy atom.